The van der Waals surface area contributed by atoms with Gasteiger partial charge in [-0.15, -0.1) is 0 Å². The highest BCUT2D eigenvalue weighted by Gasteiger charge is 2.35. The molecule has 1 saturated heterocycles. The second-order valence-corrected chi connectivity index (χ2v) is 10.7. The van der Waals surface area contributed by atoms with E-state index >= 15 is 0 Å². The van der Waals surface area contributed by atoms with Crippen LogP contribution in [-0.2, 0) is 25.5 Å². The number of unbranched alkanes of at least 4 members (excludes halogenated alkanes) is 2. The largest absolute Gasteiger partial charge is 0.423 e. The summed E-state index contributed by atoms with van der Waals surface area (Å²) in [6.45, 7) is 4.22. The lowest BCUT2D eigenvalue weighted by Crippen LogP contribution is -2.48. The first-order valence-electron chi connectivity index (χ1n) is 14.2. The van der Waals surface area contributed by atoms with Crippen LogP contribution >= 0.6 is 0 Å². The van der Waals surface area contributed by atoms with E-state index in [2.05, 4.69) is 10.6 Å². The van der Waals surface area contributed by atoms with E-state index in [0.717, 1.165) is 31.4 Å². The van der Waals surface area contributed by atoms with Crippen LogP contribution in [0.1, 0.15) is 51.5 Å². The lowest BCUT2D eigenvalue weighted by Gasteiger charge is -2.36. The second-order valence-electron chi connectivity index (χ2n) is 10.7. The van der Waals surface area contributed by atoms with Crippen molar-refractivity contribution in [3.05, 3.63) is 52.4 Å². The van der Waals surface area contributed by atoms with E-state index in [9.17, 15) is 24.6 Å². The monoisotopic (exact) mass is 573 g/mol. The van der Waals surface area contributed by atoms with Crippen LogP contribution in [0.5, 0.6) is 0 Å². The minimum Gasteiger partial charge on any atom is -0.423 e. The first-order chi connectivity index (χ1) is 19.5. The summed E-state index contributed by atoms with van der Waals surface area (Å²) in [6.07, 6.45) is 4.09. The Kier molecular flexibility index (Phi) is 12.3. The predicted molar refractivity (Wildman–Crippen MR) is 156 cm³/mol. The van der Waals surface area contributed by atoms with Gasteiger partial charge in [-0.2, -0.15) is 0 Å². The lowest BCUT2D eigenvalue weighted by molar-refractivity contribution is -0.273. The first kappa shape index (κ1) is 32.3. The van der Waals surface area contributed by atoms with Gasteiger partial charge < -0.3 is 39.6 Å². The number of hydrogen-bond donors (Lipinski definition) is 4. The van der Waals surface area contributed by atoms with Crippen LogP contribution in [0.3, 0.4) is 0 Å². The summed E-state index contributed by atoms with van der Waals surface area (Å²) >= 11 is 0. The number of anilines is 1. The van der Waals surface area contributed by atoms with Crippen molar-refractivity contribution in [2.75, 3.05) is 32.1 Å². The molecule has 41 heavy (non-hydrogen) atoms. The third-order valence-electron chi connectivity index (χ3n) is 6.98. The normalized spacial score (nSPS) is 21.6. The van der Waals surface area contributed by atoms with Crippen LogP contribution in [0, 0.1) is 0 Å². The fourth-order valence-electron chi connectivity index (χ4n) is 4.57. The molecule has 1 aliphatic rings. The van der Waals surface area contributed by atoms with E-state index in [1.807, 2.05) is 44.1 Å². The maximum absolute atomic E-state index is 12.4. The summed E-state index contributed by atoms with van der Waals surface area (Å²) in [6, 6.07) is 6.83. The van der Waals surface area contributed by atoms with Gasteiger partial charge in [-0.05, 0) is 56.9 Å². The van der Waals surface area contributed by atoms with E-state index in [1.54, 1.807) is 13.0 Å². The average Bonchev–Trinajstić information content (AvgIpc) is 2.91. The van der Waals surface area contributed by atoms with Crippen molar-refractivity contribution >= 4 is 28.5 Å². The summed E-state index contributed by atoms with van der Waals surface area (Å²) in [7, 11) is 3.78. The zero-order valence-electron chi connectivity index (χ0n) is 24.3. The molecule has 2 heterocycles. The summed E-state index contributed by atoms with van der Waals surface area (Å²) in [5.41, 5.74) is 1.39. The Morgan fingerprint density at radius 1 is 1.15 bits per heavy atom. The summed E-state index contributed by atoms with van der Waals surface area (Å²) in [5.74, 6) is -0.493. The number of aliphatic hydroxyl groups excluding tert-OH is 2. The number of amides is 2. The average molecular weight is 574 g/mol. The summed E-state index contributed by atoms with van der Waals surface area (Å²) in [4.78, 5) is 38.4. The number of benzene rings is 1. The van der Waals surface area contributed by atoms with Crippen LogP contribution in [0.15, 0.2) is 45.6 Å². The number of allylic oxidation sites excluding steroid dienone is 1. The Bertz CT molecular complexity index is 1240. The fourth-order valence-corrected chi connectivity index (χ4v) is 4.57. The van der Waals surface area contributed by atoms with Gasteiger partial charge in [0.1, 0.15) is 11.7 Å². The maximum Gasteiger partial charge on any atom is 0.336 e. The van der Waals surface area contributed by atoms with Crippen molar-refractivity contribution in [3.63, 3.8) is 0 Å². The van der Waals surface area contributed by atoms with Crippen LogP contribution < -0.4 is 21.2 Å². The number of fused-ring (bicyclic) bond motifs is 1. The van der Waals surface area contributed by atoms with Crippen molar-refractivity contribution in [1.29, 1.82) is 0 Å². The molecule has 0 radical (unpaired) electrons. The fraction of sp³-hybridized carbons (Fsp3) is 0.567. The van der Waals surface area contributed by atoms with Gasteiger partial charge in [0.15, 0.2) is 6.29 Å². The highest BCUT2D eigenvalue weighted by atomic mass is 16.7. The molecule has 0 aliphatic carbocycles. The number of carbonyl (C=O) groups is 2. The number of carbonyl (C=O) groups excluding carboxylic acids is 2. The van der Waals surface area contributed by atoms with E-state index in [1.165, 1.54) is 12.1 Å². The third-order valence-corrected chi connectivity index (χ3v) is 6.98. The third kappa shape index (κ3) is 10.3. The molecule has 4 N–H and O–H groups in total. The van der Waals surface area contributed by atoms with Gasteiger partial charge >= 0.3 is 5.63 Å². The predicted octanol–water partition coefficient (Wildman–Crippen LogP) is 2.01. The van der Waals surface area contributed by atoms with Gasteiger partial charge in [0, 0.05) is 56.8 Å². The van der Waals surface area contributed by atoms with Crippen molar-refractivity contribution in [1.82, 2.24) is 10.6 Å². The molecule has 1 aromatic carbocycles. The molecule has 11 nitrogen and oxygen atoms in total. The molecule has 0 bridgehead atoms. The van der Waals surface area contributed by atoms with Gasteiger partial charge in [0.05, 0.1) is 24.7 Å². The Hall–Kier alpha value is -3.25. The molecule has 0 saturated carbocycles. The Labute approximate surface area is 240 Å². The number of nitrogens with zero attached hydrogens (tertiary/aromatic N) is 1. The number of ether oxygens (including phenoxy) is 2. The molecule has 0 unspecified atom stereocenters. The van der Waals surface area contributed by atoms with Crippen LogP contribution in [0.2, 0.25) is 0 Å². The van der Waals surface area contributed by atoms with Crippen LogP contribution in [-0.4, -0.2) is 79.9 Å². The second kappa shape index (κ2) is 15.7. The molecule has 1 aromatic heterocycles. The van der Waals surface area contributed by atoms with Gasteiger partial charge in [0.25, 0.3) is 0 Å². The molecule has 11 heteroatoms. The number of hydrogen-bond acceptors (Lipinski definition) is 9. The first-order valence-corrected chi connectivity index (χ1v) is 14.2. The quantitative estimate of drug-likeness (QED) is 0.151. The molecule has 2 amide bonds. The van der Waals surface area contributed by atoms with Crippen LogP contribution in [0.25, 0.3) is 11.0 Å². The van der Waals surface area contributed by atoms with Gasteiger partial charge in [-0.3, -0.25) is 9.59 Å². The van der Waals surface area contributed by atoms with Crippen molar-refractivity contribution in [2.24, 2.45) is 0 Å². The Morgan fingerprint density at radius 3 is 2.66 bits per heavy atom. The highest BCUT2D eigenvalue weighted by molar-refractivity contribution is 5.89. The van der Waals surface area contributed by atoms with Gasteiger partial charge in [-0.25, -0.2) is 4.79 Å². The van der Waals surface area contributed by atoms with E-state index in [4.69, 9.17) is 13.9 Å². The topological polar surface area (TPSA) is 151 Å². The van der Waals surface area contributed by atoms with E-state index in [0.29, 0.717) is 16.5 Å². The number of aliphatic hydroxyl groups is 2. The smallest absolute Gasteiger partial charge is 0.336 e. The number of rotatable bonds is 14. The molecular formula is C30H43N3O8. The standard InChI is InChI=1S/C30H43N3O8/c1-19(39-30-25(35)18-24(34)20(2)40-30)9-7-5-6-8-10-27(36)31-13-14-32-28(37)15-21-16-29(38)41-26-17-22(33(3)4)11-12-23(21)26/h8,10-12,16-17,19-20,24-25,30,34-35H,5-7,9,13-15,18H2,1-4H3,(H,31,36)(H,32,37)/b10-8+/t19-,20+,24-,25-,30-/m1/s1. The van der Waals surface area contributed by atoms with Crippen molar-refractivity contribution in [3.8, 4) is 0 Å². The maximum atomic E-state index is 12.4. The molecule has 226 valence electrons. The van der Waals surface area contributed by atoms with Gasteiger partial charge in [0.2, 0.25) is 11.8 Å². The minimum absolute atomic E-state index is 0.0252. The number of nitrogens with one attached hydrogen (secondary N) is 2. The van der Waals surface area contributed by atoms with E-state index < -0.39 is 24.1 Å². The zero-order chi connectivity index (χ0) is 29.9. The van der Waals surface area contributed by atoms with Crippen LogP contribution in [0.4, 0.5) is 5.69 Å². The Morgan fingerprint density at radius 2 is 1.90 bits per heavy atom. The molecule has 5 atom stereocenters. The summed E-state index contributed by atoms with van der Waals surface area (Å²) in [5, 5.41) is 26.0. The van der Waals surface area contributed by atoms with Crippen molar-refractivity contribution in [2.45, 2.75) is 83.1 Å². The van der Waals surface area contributed by atoms with Gasteiger partial charge in [-0.1, -0.05) is 12.5 Å². The molecule has 3 rings (SSSR count). The molecule has 0 spiro atoms. The minimum atomic E-state index is -0.845. The highest BCUT2D eigenvalue weighted by Crippen LogP contribution is 2.24. The molecular weight excluding hydrogens is 530 g/mol. The summed E-state index contributed by atoms with van der Waals surface area (Å²) < 4.78 is 16.6. The molecule has 1 fully saturated rings. The molecule has 1 aliphatic heterocycles. The van der Waals surface area contributed by atoms with E-state index in [-0.39, 0.29) is 50.0 Å². The zero-order valence-corrected chi connectivity index (χ0v) is 24.3. The Balaban J connectivity index is 1.29. The SMILES string of the molecule is C[C@H](CCCC/C=C/C(=O)NCCNC(=O)Cc1cc(=O)oc2cc(N(C)C)ccc12)O[C@@H]1O[C@@H](C)[C@H](O)C[C@H]1O. The molecule has 2 aromatic rings. The van der Waals surface area contributed by atoms with Crippen molar-refractivity contribution < 1.29 is 33.7 Å². The lowest BCUT2D eigenvalue weighted by atomic mass is 10.0.